The first-order chi connectivity index (χ1) is 18.4. The van der Waals surface area contributed by atoms with Gasteiger partial charge in [-0.15, -0.1) is 0 Å². The third kappa shape index (κ3) is 7.16. The van der Waals surface area contributed by atoms with Crippen LogP contribution in [0.3, 0.4) is 0 Å². The van der Waals surface area contributed by atoms with E-state index in [9.17, 15) is 26.4 Å². The van der Waals surface area contributed by atoms with E-state index in [0.717, 1.165) is 31.9 Å². The van der Waals surface area contributed by atoms with Crippen LogP contribution in [-0.2, 0) is 39.0 Å². The van der Waals surface area contributed by atoms with Crippen LogP contribution in [0.15, 0.2) is 52.9 Å². The Labute approximate surface area is 224 Å². The minimum Gasteiger partial charge on any atom is -0.493 e. The zero-order chi connectivity index (χ0) is 28.2. The predicted octanol–water partition coefficient (Wildman–Crippen LogP) is 4.91. The van der Waals surface area contributed by atoms with Crippen LogP contribution >= 0.6 is 0 Å². The van der Waals surface area contributed by atoms with Gasteiger partial charge in [0.2, 0.25) is 5.89 Å². The molecule has 0 atom stereocenters. The lowest BCUT2D eigenvalue weighted by Crippen LogP contribution is -2.42. The Hall–Kier alpha value is -3.42. The van der Waals surface area contributed by atoms with E-state index in [1.807, 2.05) is 0 Å². The highest BCUT2D eigenvalue weighted by atomic mass is 32.2. The zero-order valence-corrected chi connectivity index (χ0v) is 22.2. The number of hydrogen-bond donors (Lipinski definition) is 0. The molecule has 0 radical (unpaired) electrons. The second-order valence-corrected chi connectivity index (χ2v) is 10.8. The Kier molecular flexibility index (Phi) is 8.62. The van der Waals surface area contributed by atoms with E-state index in [2.05, 4.69) is 4.98 Å². The van der Waals surface area contributed by atoms with Crippen molar-refractivity contribution in [3.05, 3.63) is 71.1 Å². The van der Waals surface area contributed by atoms with E-state index in [1.165, 1.54) is 16.4 Å². The molecule has 13 heteroatoms. The molecule has 1 aliphatic heterocycles. The van der Waals surface area contributed by atoms with Crippen molar-refractivity contribution in [1.29, 1.82) is 0 Å². The number of oxazole rings is 1. The third-order valence-corrected chi connectivity index (χ3v) is 7.78. The fraction of sp³-hybridized carbons (Fsp3) is 0.385. The number of alkyl halides is 3. The van der Waals surface area contributed by atoms with Crippen molar-refractivity contribution >= 4 is 16.2 Å². The molecule has 1 aliphatic rings. The van der Waals surface area contributed by atoms with Gasteiger partial charge in [0.1, 0.15) is 11.5 Å². The second-order valence-electron chi connectivity index (χ2n) is 9.00. The van der Waals surface area contributed by atoms with Gasteiger partial charge in [0.05, 0.1) is 24.4 Å². The molecule has 2 aromatic carbocycles. The van der Waals surface area contributed by atoms with E-state index in [1.54, 1.807) is 31.2 Å². The van der Waals surface area contributed by atoms with Gasteiger partial charge in [0, 0.05) is 32.0 Å². The van der Waals surface area contributed by atoms with Gasteiger partial charge in [0.25, 0.3) is 0 Å². The number of rotatable bonds is 10. The van der Waals surface area contributed by atoms with Crippen molar-refractivity contribution in [2.45, 2.75) is 45.8 Å². The minimum atomic E-state index is -4.42. The van der Waals surface area contributed by atoms with Crippen LogP contribution in [0.1, 0.15) is 42.3 Å². The monoisotopic (exact) mass is 567 g/mol. The largest absolute Gasteiger partial charge is 0.493 e. The van der Waals surface area contributed by atoms with Gasteiger partial charge in [-0.3, -0.25) is 4.79 Å². The number of nitrogens with zero attached hydrogens (tertiary/aromatic N) is 3. The fourth-order valence-electron chi connectivity index (χ4n) is 4.09. The van der Waals surface area contributed by atoms with Crippen LogP contribution in [-0.4, -0.2) is 47.8 Å². The Morgan fingerprint density at radius 2 is 1.82 bits per heavy atom. The van der Waals surface area contributed by atoms with Crippen molar-refractivity contribution in [1.82, 2.24) is 13.8 Å². The van der Waals surface area contributed by atoms with Gasteiger partial charge in [-0.1, -0.05) is 12.1 Å². The molecule has 1 saturated heterocycles. The Morgan fingerprint density at radius 3 is 2.46 bits per heavy atom. The van der Waals surface area contributed by atoms with Crippen LogP contribution in [0.25, 0.3) is 11.5 Å². The van der Waals surface area contributed by atoms with Crippen LogP contribution in [0.2, 0.25) is 0 Å². The molecule has 2 heterocycles. The number of hydrogen-bond acceptors (Lipinski definition) is 7. The highest BCUT2D eigenvalue weighted by molar-refractivity contribution is 7.86. The Morgan fingerprint density at radius 1 is 1.13 bits per heavy atom. The van der Waals surface area contributed by atoms with Crippen molar-refractivity contribution in [3.8, 4) is 17.2 Å². The SMILES string of the molecule is CC(=O)ON(Cc1cccc(OCCc2nc(-c3ccc(C(F)(F)F)cc3)oc2C)c1)S(=O)(=O)N1CCCC1. The first-order valence-electron chi connectivity index (χ1n) is 12.3. The average molecular weight is 568 g/mol. The summed E-state index contributed by atoms with van der Waals surface area (Å²) in [4.78, 5) is 21.0. The molecule has 210 valence electrons. The van der Waals surface area contributed by atoms with E-state index in [-0.39, 0.29) is 19.0 Å². The smallest absolute Gasteiger partial charge is 0.416 e. The van der Waals surface area contributed by atoms with Crippen LogP contribution in [0, 0.1) is 6.92 Å². The quantitative estimate of drug-likeness (QED) is 0.321. The van der Waals surface area contributed by atoms with Crippen molar-refractivity contribution in [3.63, 3.8) is 0 Å². The molecule has 0 spiro atoms. The number of aryl methyl sites for hydroxylation is 1. The third-order valence-electron chi connectivity index (χ3n) is 6.05. The molecule has 0 amide bonds. The number of aromatic nitrogens is 1. The molecular formula is C26H28F3N3O6S. The highest BCUT2D eigenvalue weighted by Gasteiger charge is 2.34. The summed E-state index contributed by atoms with van der Waals surface area (Å²) in [7, 11) is -3.99. The number of carbonyl (C=O) groups excluding carboxylic acids is 1. The first kappa shape index (κ1) is 28.6. The average Bonchev–Trinajstić information content (AvgIpc) is 3.54. The maximum absolute atomic E-state index is 13.0. The normalized spacial score (nSPS) is 14.6. The lowest BCUT2D eigenvalue weighted by molar-refractivity contribution is -0.168. The fourth-order valence-corrected chi connectivity index (χ4v) is 5.57. The summed E-state index contributed by atoms with van der Waals surface area (Å²) in [5.41, 5.74) is 0.819. The Bertz CT molecular complexity index is 1400. The molecule has 0 aliphatic carbocycles. The summed E-state index contributed by atoms with van der Waals surface area (Å²) >= 11 is 0. The standard InChI is InChI=1S/C26H28F3N3O6S/c1-18-24(30-25(37-18)21-8-10-22(11-9-21)26(27,28)29)12-15-36-23-7-5-6-20(16-23)17-32(38-19(2)33)39(34,35)31-13-3-4-14-31/h5-11,16H,3-4,12-15,17H2,1-2H3. The van der Waals surface area contributed by atoms with E-state index >= 15 is 0 Å². The number of halogens is 3. The number of ether oxygens (including phenoxy) is 1. The van der Waals surface area contributed by atoms with Crippen molar-refractivity contribution < 1.29 is 40.4 Å². The minimum absolute atomic E-state index is 0.186. The van der Waals surface area contributed by atoms with Gasteiger partial charge < -0.3 is 14.0 Å². The lowest BCUT2D eigenvalue weighted by Gasteiger charge is -2.25. The van der Waals surface area contributed by atoms with Gasteiger partial charge in [-0.05, 0) is 66.2 Å². The topological polar surface area (TPSA) is 102 Å². The van der Waals surface area contributed by atoms with Crippen molar-refractivity contribution in [2.24, 2.45) is 0 Å². The lowest BCUT2D eigenvalue weighted by atomic mass is 10.1. The molecule has 39 heavy (non-hydrogen) atoms. The number of benzene rings is 2. The molecule has 0 saturated carbocycles. The molecule has 9 nitrogen and oxygen atoms in total. The first-order valence-corrected chi connectivity index (χ1v) is 13.6. The molecule has 0 unspecified atom stereocenters. The summed E-state index contributed by atoms with van der Waals surface area (Å²) < 4.78 is 77.8. The number of hydroxylamine groups is 1. The van der Waals surface area contributed by atoms with Gasteiger partial charge in [-0.2, -0.15) is 25.9 Å². The number of carbonyl (C=O) groups is 1. The molecule has 3 aromatic rings. The van der Waals surface area contributed by atoms with E-state index in [4.69, 9.17) is 14.0 Å². The summed E-state index contributed by atoms with van der Waals surface area (Å²) in [6, 6.07) is 11.3. The predicted molar refractivity (Wildman–Crippen MR) is 134 cm³/mol. The summed E-state index contributed by atoms with van der Waals surface area (Å²) in [5, 5.41) is 0. The summed E-state index contributed by atoms with van der Waals surface area (Å²) in [5.74, 6) is 0.455. The highest BCUT2D eigenvalue weighted by Crippen LogP contribution is 2.31. The zero-order valence-electron chi connectivity index (χ0n) is 21.4. The molecular weight excluding hydrogens is 539 g/mol. The van der Waals surface area contributed by atoms with E-state index in [0.29, 0.717) is 52.3 Å². The van der Waals surface area contributed by atoms with Gasteiger partial charge in [-0.25, -0.2) is 4.98 Å². The maximum atomic E-state index is 13.0. The maximum Gasteiger partial charge on any atom is 0.416 e. The van der Waals surface area contributed by atoms with Crippen molar-refractivity contribution in [2.75, 3.05) is 19.7 Å². The van der Waals surface area contributed by atoms with E-state index < -0.39 is 27.9 Å². The van der Waals surface area contributed by atoms with Crippen LogP contribution in [0.5, 0.6) is 5.75 Å². The molecule has 0 N–H and O–H groups in total. The second kappa shape index (κ2) is 11.8. The van der Waals surface area contributed by atoms with Gasteiger partial charge >= 0.3 is 22.4 Å². The molecule has 1 fully saturated rings. The van der Waals surface area contributed by atoms with Crippen LogP contribution < -0.4 is 4.74 Å². The summed E-state index contributed by atoms with van der Waals surface area (Å²) in [6.07, 6.45) is -2.57. The molecule has 1 aromatic heterocycles. The molecule has 0 bridgehead atoms. The Balaban J connectivity index is 1.39. The van der Waals surface area contributed by atoms with Crippen LogP contribution in [0.4, 0.5) is 13.2 Å². The summed E-state index contributed by atoms with van der Waals surface area (Å²) in [6.45, 7) is 3.61. The van der Waals surface area contributed by atoms with Gasteiger partial charge in [0.15, 0.2) is 0 Å². The molecule has 4 rings (SSSR count).